The van der Waals surface area contributed by atoms with E-state index in [1.807, 2.05) is 36.4 Å². The Hall–Kier alpha value is -5.61. The number of halogens is 1. The lowest BCUT2D eigenvalue weighted by Gasteiger charge is -2.49. The van der Waals surface area contributed by atoms with Gasteiger partial charge >= 0.3 is 11.4 Å². The Labute approximate surface area is 279 Å². The highest BCUT2D eigenvalue weighted by atomic mass is 35.5. The van der Waals surface area contributed by atoms with Gasteiger partial charge in [0.25, 0.3) is 0 Å². The zero-order chi connectivity index (χ0) is 33.3. The summed E-state index contributed by atoms with van der Waals surface area (Å²) in [5, 5.41) is 11.4. The normalized spacial score (nSPS) is 22.9. The zero-order valence-electron chi connectivity index (χ0n) is 25.7. The first kappa shape index (κ1) is 29.8. The van der Waals surface area contributed by atoms with Gasteiger partial charge in [-0.3, -0.25) is 9.59 Å². The summed E-state index contributed by atoms with van der Waals surface area (Å²) < 4.78 is 9.28. The standard InChI is InChI=1S/C37H29ClN4O6/c1-48-31-16-15-22(19-30(31)43)32-27-17-18-39-35(46)41(25-12-6-3-7-13-25)36(47)42(39)29(27)21-28-33(44)40(26-14-8-11-24(38)20-26)34(45)37(28,32)23-9-4-2-5-10-23/h2-17,19-20,28-29,32,43H,18,21H2,1H3/t28-,29+,32-,37+/m0/s1. The van der Waals surface area contributed by atoms with Crippen LogP contribution >= 0.6 is 11.6 Å². The van der Waals surface area contributed by atoms with Gasteiger partial charge in [-0.25, -0.2) is 28.4 Å². The number of phenols is 1. The van der Waals surface area contributed by atoms with Gasteiger partial charge in [-0.05, 0) is 65.6 Å². The van der Waals surface area contributed by atoms with E-state index < -0.39 is 46.5 Å². The van der Waals surface area contributed by atoms with Gasteiger partial charge in [-0.2, -0.15) is 0 Å². The number of phenolic OH excluding ortho intramolecular Hbond substituents is 1. The number of ether oxygens (including phenoxy) is 1. The van der Waals surface area contributed by atoms with Crippen molar-refractivity contribution < 1.29 is 19.4 Å². The van der Waals surface area contributed by atoms with Crippen molar-refractivity contribution in [3.63, 3.8) is 0 Å². The highest BCUT2D eigenvalue weighted by Crippen LogP contribution is 2.62. The first-order chi connectivity index (χ1) is 23.3. The van der Waals surface area contributed by atoms with Crippen molar-refractivity contribution >= 4 is 29.1 Å². The molecule has 240 valence electrons. The molecule has 0 radical (unpaired) electrons. The van der Waals surface area contributed by atoms with Crippen LogP contribution in [0, 0.1) is 5.92 Å². The second kappa shape index (κ2) is 11.0. The number of imide groups is 1. The van der Waals surface area contributed by atoms with Crippen molar-refractivity contribution in [1.29, 1.82) is 0 Å². The predicted octanol–water partition coefficient (Wildman–Crippen LogP) is 4.96. The second-order valence-electron chi connectivity index (χ2n) is 12.2. The summed E-state index contributed by atoms with van der Waals surface area (Å²) >= 11 is 6.36. The number of benzene rings is 4. The maximum atomic E-state index is 15.2. The number of carbonyl (C=O) groups excluding carboxylic acids is 2. The molecular weight excluding hydrogens is 632 g/mol. The minimum atomic E-state index is -1.47. The van der Waals surface area contributed by atoms with Gasteiger partial charge in [0.1, 0.15) is 0 Å². The molecule has 11 heteroatoms. The van der Waals surface area contributed by atoms with Crippen molar-refractivity contribution in [1.82, 2.24) is 13.9 Å². The molecule has 0 unspecified atom stereocenters. The lowest BCUT2D eigenvalue weighted by Crippen LogP contribution is -2.53. The number of aromatic nitrogens is 3. The molecular formula is C37H29ClN4O6. The Morgan fingerprint density at radius 3 is 2.23 bits per heavy atom. The van der Waals surface area contributed by atoms with E-state index in [-0.39, 0.29) is 24.5 Å². The molecule has 1 saturated heterocycles. The number of rotatable bonds is 5. The first-order valence-electron chi connectivity index (χ1n) is 15.5. The van der Waals surface area contributed by atoms with Crippen LogP contribution in [-0.2, 0) is 21.5 Å². The molecule has 3 aliphatic rings. The monoisotopic (exact) mass is 660 g/mol. The summed E-state index contributed by atoms with van der Waals surface area (Å²) in [6, 6.07) is 28.6. The van der Waals surface area contributed by atoms with E-state index in [2.05, 4.69) is 0 Å². The first-order valence-corrected chi connectivity index (χ1v) is 15.9. The number of para-hydroxylation sites is 1. The molecule has 3 heterocycles. The van der Waals surface area contributed by atoms with E-state index in [0.717, 1.165) is 4.57 Å². The minimum absolute atomic E-state index is 0.0635. The zero-order valence-corrected chi connectivity index (χ0v) is 26.4. The lowest BCUT2D eigenvalue weighted by molar-refractivity contribution is -0.124. The Bertz CT molecular complexity index is 2270. The molecule has 2 amide bonds. The molecule has 10 nitrogen and oxygen atoms in total. The van der Waals surface area contributed by atoms with Crippen molar-refractivity contribution in [2.75, 3.05) is 12.0 Å². The molecule has 4 atom stereocenters. The molecule has 1 saturated carbocycles. The molecule has 1 aliphatic carbocycles. The van der Waals surface area contributed by atoms with Crippen LogP contribution in [0.3, 0.4) is 0 Å². The molecule has 2 aliphatic heterocycles. The van der Waals surface area contributed by atoms with Crippen LogP contribution in [0.25, 0.3) is 5.69 Å². The maximum Gasteiger partial charge on any atom is 0.352 e. The number of amides is 2. The van der Waals surface area contributed by atoms with Gasteiger partial charge in [0.05, 0.1) is 42.4 Å². The summed E-state index contributed by atoms with van der Waals surface area (Å²) in [7, 11) is 1.45. The van der Waals surface area contributed by atoms with Crippen LogP contribution in [0.1, 0.15) is 29.5 Å². The minimum Gasteiger partial charge on any atom is -0.504 e. The van der Waals surface area contributed by atoms with E-state index in [0.29, 0.717) is 33.1 Å². The van der Waals surface area contributed by atoms with Gasteiger partial charge in [0.15, 0.2) is 11.5 Å². The number of hydrogen-bond donors (Lipinski definition) is 1. The third-order valence-corrected chi connectivity index (χ3v) is 10.2. The lowest BCUT2D eigenvalue weighted by atomic mass is 9.53. The van der Waals surface area contributed by atoms with Crippen LogP contribution in [0.4, 0.5) is 5.69 Å². The number of anilines is 1. The Morgan fingerprint density at radius 2 is 1.54 bits per heavy atom. The average Bonchev–Trinajstić information content (AvgIpc) is 3.49. The SMILES string of the molecule is COc1ccc([C@H]2C3=CCn4c(=O)n(-c5ccccc5)c(=O)n4[C@@H]3C[C@H]3C(=O)N(c4cccc(Cl)c4)C(=O)[C@@]23c2ccccc2)cc1O. The fraction of sp³-hybridized carbons (Fsp3) is 0.189. The van der Waals surface area contributed by atoms with Gasteiger partial charge in [0, 0.05) is 10.9 Å². The fourth-order valence-electron chi connectivity index (χ4n) is 8.07. The van der Waals surface area contributed by atoms with Gasteiger partial charge in [-0.15, -0.1) is 0 Å². The summed E-state index contributed by atoms with van der Waals surface area (Å²) in [4.78, 5) is 59.2. The van der Waals surface area contributed by atoms with Crippen molar-refractivity contribution in [3.8, 4) is 17.2 Å². The molecule has 1 N–H and O–H groups in total. The second-order valence-corrected chi connectivity index (χ2v) is 12.7. The van der Waals surface area contributed by atoms with E-state index in [9.17, 15) is 19.5 Å². The summed E-state index contributed by atoms with van der Waals surface area (Å²) in [6.07, 6.45) is 1.95. The van der Waals surface area contributed by atoms with E-state index in [1.54, 1.807) is 72.8 Å². The molecule has 5 aromatic rings. The molecule has 2 fully saturated rings. The molecule has 0 spiro atoms. The Morgan fingerprint density at radius 1 is 0.833 bits per heavy atom. The summed E-state index contributed by atoms with van der Waals surface area (Å²) in [6.45, 7) is 0.0635. The van der Waals surface area contributed by atoms with Crippen LogP contribution in [-0.4, -0.2) is 38.0 Å². The quantitative estimate of drug-likeness (QED) is 0.210. The molecule has 4 aromatic carbocycles. The number of allylic oxidation sites excluding steroid dienone is 2. The largest absolute Gasteiger partial charge is 0.504 e. The van der Waals surface area contributed by atoms with Crippen LogP contribution in [0.15, 0.2) is 124 Å². The fourth-order valence-corrected chi connectivity index (χ4v) is 8.25. The molecule has 8 rings (SSSR count). The highest BCUT2D eigenvalue weighted by Gasteiger charge is 2.68. The van der Waals surface area contributed by atoms with Gasteiger partial charge in [-0.1, -0.05) is 78.3 Å². The number of aromatic hydroxyl groups is 1. The van der Waals surface area contributed by atoms with Crippen molar-refractivity contribution in [2.24, 2.45) is 5.92 Å². The van der Waals surface area contributed by atoms with Crippen LogP contribution in [0.2, 0.25) is 5.02 Å². The van der Waals surface area contributed by atoms with Crippen molar-refractivity contribution in [2.45, 2.75) is 30.3 Å². The summed E-state index contributed by atoms with van der Waals surface area (Å²) in [5.74, 6) is -2.56. The Balaban J connectivity index is 1.42. The Kier molecular flexibility index (Phi) is 6.81. The maximum absolute atomic E-state index is 15.2. The van der Waals surface area contributed by atoms with E-state index in [1.165, 1.54) is 21.4 Å². The van der Waals surface area contributed by atoms with Crippen molar-refractivity contribution in [3.05, 3.63) is 152 Å². The number of carbonyl (C=O) groups is 2. The predicted molar refractivity (Wildman–Crippen MR) is 179 cm³/mol. The average molecular weight is 661 g/mol. The van der Waals surface area contributed by atoms with Crippen LogP contribution < -0.4 is 21.0 Å². The topological polar surface area (TPSA) is 116 Å². The van der Waals surface area contributed by atoms with Crippen LogP contribution in [0.5, 0.6) is 11.5 Å². The number of hydrogen-bond acceptors (Lipinski definition) is 6. The number of nitrogens with zero attached hydrogens (tertiary/aromatic N) is 4. The number of fused-ring (bicyclic) bond motifs is 4. The smallest absolute Gasteiger partial charge is 0.352 e. The third-order valence-electron chi connectivity index (χ3n) is 9.98. The van der Waals surface area contributed by atoms with E-state index in [4.69, 9.17) is 16.3 Å². The molecule has 0 bridgehead atoms. The molecule has 48 heavy (non-hydrogen) atoms. The van der Waals surface area contributed by atoms with E-state index >= 15 is 4.79 Å². The highest BCUT2D eigenvalue weighted by molar-refractivity contribution is 6.32. The van der Waals surface area contributed by atoms with Gasteiger partial charge < -0.3 is 9.84 Å². The number of methoxy groups -OCH3 is 1. The summed E-state index contributed by atoms with van der Waals surface area (Å²) in [5.41, 5.74) is 0.101. The third kappa shape index (κ3) is 4.05. The molecule has 1 aromatic heterocycles. The van der Waals surface area contributed by atoms with Gasteiger partial charge in [0.2, 0.25) is 11.8 Å².